The zero-order valence-corrected chi connectivity index (χ0v) is 25.0. The van der Waals surface area contributed by atoms with Gasteiger partial charge in [-0.05, 0) is 38.7 Å². The van der Waals surface area contributed by atoms with Crippen LogP contribution in [0, 0.1) is 16.0 Å². The molecule has 0 aliphatic rings. The molecule has 0 saturated carbocycles. The van der Waals surface area contributed by atoms with Crippen LogP contribution in [0.2, 0.25) is 0 Å². The number of hydrogen-bond donors (Lipinski definition) is 1. The first-order chi connectivity index (χ1) is 21.3. The van der Waals surface area contributed by atoms with Crippen LogP contribution in [0.1, 0.15) is 57.1 Å². The molecule has 2 atom stereocenters. The zero-order chi connectivity index (χ0) is 34.5. The number of rotatable bonds is 15. The number of carbonyl (C=O) groups excluding carboxylic acids is 1. The number of nitrogens with zero attached hydrogens (tertiary/aromatic N) is 4. The van der Waals surface area contributed by atoms with Gasteiger partial charge in [0.1, 0.15) is 17.2 Å². The molecule has 10 nitrogen and oxygen atoms in total. The number of aromatic nitrogens is 3. The molecule has 2 heterocycles. The number of halogens is 6. The van der Waals surface area contributed by atoms with Crippen molar-refractivity contribution in [2.24, 2.45) is 5.92 Å². The van der Waals surface area contributed by atoms with Crippen LogP contribution in [-0.2, 0) is 27.9 Å². The van der Waals surface area contributed by atoms with Crippen LogP contribution >= 0.6 is 0 Å². The van der Waals surface area contributed by atoms with Gasteiger partial charge in [-0.2, -0.15) is 26.3 Å². The second kappa shape index (κ2) is 13.8. The summed E-state index contributed by atoms with van der Waals surface area (Å²) in [4.78, 5) is 26.1. The molecule has 46 heavy (non-hydrogen) atoms. The van der Waals surface area contributed by atoms with Crippen LogP contribution in [0.15, 0.2) is 66.1 Å². The molecule has 3 rings (SSSR count). The SMILES string of the molecule is C=CC[C@@](OCc1ccccc1)(c1nnc(-c2nc(NC(C)(C)CC(C=C)CC(C)=O)c(C(F)(F)F)cc2[N+](=O)[O-])o1)C(F)(F)F. The van der Waals surface area contributed by atoms with Gasteiger partial charge in [0.2, 0.25) is 11.3 Å². The first-order valence-corrected chi connectivity index (χ1v) is 13.7. The number of alkyl halides is 6. The highest BCUT2D eigenvalue weighted by Crippen LogP contribution is 2.47. The zero-order valence-electron chi connectivity index (χ0n) is 25.0. The number of allylic oxidation sites excluding steroid dienone is 1. The number of nitrogens with one attached hydrogen (secondary N) is 1. The average molecular weight is 656 g/mol. The largest absolute Gasteiger partial charge is 0.426 e. The van der Waals surface area contributed by atoms with Gasteiger partial charge in [-0.1, -0.05) is 42.5 Å². The molecule has 0 bridgehead atoms. The summed E-state index contributed by atoms with van der Waals surface area (Å²) in [5.41, 5.74) is -7.80. The van der Waals surface area contributed by atoms with Crippen LogP contribution in [0.25, 0.3) is 11.6 Å². The second-order valence-electron chi connectivity index (χ2n) is 11.1. The van der Waals surface area contributed by atoms with E-state index < -0.39 is 81.9 Å². The summed E-state index contributed by atoms with van der Waals surface area (Å²) in [6.45, 7) is 10.8. The minimum Gasteiger partial charge on any atom is -0.415 e. The van der Waals surface area contributed by atoms with Crippen LogP contribution in [0.4, 0.5) is 37.8 Å². The highest BCUT2D eigenvalue weighted by atomic mass is 19.4. The van der Waals surface area contributed by atoms with Crippen molar-refractivity contribution in [3.63, 3.8) is 0 Å². The maximum Gasteiger partial charge on any atom is 0.426 e. The van der Waals surface area contributed by atoms with Crippen molar-refractivity contribution in [1.82, 2.24) is 15.2 Å². The molecule has 248 valence electrons. The molecule has 0 saturated heterocycles. The number of carbonyl (C=O) groups is 1. The minimum atomic E-state index is -5.18. The predicted octanol–water partition coefficient (Wildman–Crippen LogP) is 7.97. The topological polar surface area (TPSA) is 133 Å². The van der Waals surface area contributed by atoms with E-state index in [2.05, 4.69) is 33.7 Å². The third-order valence-electron chi connectivity index (χ3n) is 6.81. The summed E-state index contributed by atoms with van der Waals surface area (Å²) in [5, 5.41) is 21.5. The summed E-state index contributed by atoms with van der Waals surface area (Å²) >= 11 is 0. The van der Waals surface area contributed by atoms with E-state index in [4.69, 9.17) is 9.15 Å². The van der Waals surface area contributed by atoms with E-state index in [1.807, 2.05) is 0 Å². The smallest absolute Gasteiger partial charge is 0.415 e. The van der Waals surface area contributed by atoms with Gasteiger partial charge < -0.3 is 19.3 Å². The van der Waals surface area contributed by atoms with Crippen molar-refractivity contribution in [2.45, 2.75) is 70.1 Å². The first-order valence-electron chi connectivity index (χ1n) is 13.7. The number of pyridine rings is 1. The normalized spacial score (nSPS) is 14.3. The fourth-order valence-corrected chi connectivity index (χ4v) is 4.74. The maximum atomic E-state index is 14.6. The first kappa shape index (κ1) is 35.9. The van der Waals surface area contributed by atoms with Crippen molar-refractivity contribution in [3.8, 4) is 11.6 Å². The molecule has 0 aliphatic heterocycles. The number of hydrogen-bond acceptors (Lipinski definition) is 9. The Labute approximate surface area is 259 Å². The summed E-state index contributed by atoms with van der Waals surface area (Å²) in [5.74, 6) is -3.65. The molecular weight excluding hydrogens is 624 g/mol. The molecular formula is C30H31F6N5O5. The quantitative estimate of drug-likeness (QED) is 0.0749. The summed E-state index contributed by atoms with van der Waals surface area (Å²) in [7, 11) is 0. The van der Waals surface area contributed by atoms with Crippen LogP contribution in [0.5, 0.6) is 0 Å². The lowest BCUT2D eigenvalue weighted by molar-refractivity contribution is -0.384. The van der Waals surface area contributed by atoms with Crippen molar-refractivity contribution >= 4 is 17.3 Å². The van der Waals surface area contributed by atoms with E-state index in [1.165, 1.54) is 39.0 Å². The molecule has 0 amide bonds. The van der Waals surface area contributed by atoms with Crippen molar-refractivity contribution < 1.29 is 45.2 Å². The van der Waals surface area contributed by atoms with Gasteiger partial charge in [0.25, 0.3) is 11.8 Å². The Morgan fingerprint density at radius 1 is 1.13 bits per heavy atom. The van der Waals surface area contributed by atoms with Gasteiger partial charge in [0, 0.05) is 24.4 Å². The lowest BCUT2D eigenvalue weighted by Crippen LogP contribution is -2.45. The molecule has 0 aliphatic carbocycles. The van der Waals surface area contributed by atoms with Gasteiger partial charge in [0.15, 0.2) is 0 Å². The molecule has 1 unspecified atom stereocenters. The van der Waals surface area contributed by atoms with Gasteiger partial charge in [0.05, 0.1) is 11.5 Å². The Bertz CT molecular complexity index is 1570. The van der Waals surface area contributed by atoms with E-state index in [0.717, 1.165) is 6.08 Å². The van der Waals surface area contributed by atoms with Crippen molar-refractivity contribution in [1.29, 1.82) is 0 Å². The minimum absolute atomic E-state index is 0.0580. The summed E-state index contributed by atoms with van der Waals surface area (Å²) < 4.78 is 96.9. The Balaban J connectivity index is 2.17. The fraction of sp³-hybridized carbons (Fsp3) is 0.400. The number of nitro groups is 1. The van der Waals surface area contributed by atoms with E-state index >= 15 is 0 Å². The van der Waals surface area contributed by atoms with Gasteiger partial charge in [-0.25, -0.2) is 4.98 Å². The molecule has 2 aromatic heterocycles. The number of benzene rings is 1. The van der Waals surface area contributed by atoms with E-state index in [-0.39, 0.29) is 24.7 Å². The third-order valence-corrected chi connectivity index (χ3v) is 6.81. The lowest BCUT2D eigenvalue weighted by Gasteiger charge is -2.31. The van der Waals surface area contributed by atoms with Crippen LogP contribution < -0.4 is 5.32 Å². The monoisotopic (exact) mass is 655 g/mol. The van der Waals surface area contributed by atoms with E-state index in [1.54, 1.807) is 18.2 Å². The Morgan fingerprint density at radius 2 is 1.78 bits per heavy atom. The van der Waals surface area contributed by atoms with Gasteiger partial charge in [-0.15, -0.1) is 23.4 Å². The van der Waals surface area contributed by atoms with Crippen LogP contribution in [-0.4, -0.2) is 37.6 Å². The predicted molar refractivity (Wildman–Crippen MR) is 154 cm³/mol. The summed E-state index contributed by atoms with van der Waals surface area (Å²) in [6.07, 6.45) is -8.72. The van der Waals surface area contributed by atoms with Crippen molar-refractivity contribution in [3.05, 3.63) is 88.8 Å². The molecule has 16 heteroatoms. The molecule has 1 N–H and O–H groups in total. The Kier molecular flexibility index (Phi) is 10.8. The van der Waals surface area contributed by atoms with E-state index in [0.29, 0.717) is 5.56 Å². The molecule has 1 aromatic carbocycles. The Hall–Kier alpha value is -4.60. The highest BCUT2D eigenvalue weighted by Gasteiger charge is 2.61. The van der Waals surface area contributed by atoms with Crippen molar-refractivity contribution in [2.75, 3.05) is 5.32 Å². The number of ketones is 1. The highest BCUT2D eigenvalue weighted by molar-refractivity contribution is 5.76. The average Bonchev–Trinajstić information content (AvgIpc) is 3.43. The number of anilines is 1. The maximum absolute atomic E-state index is 14.6. The second-order valence-corrected chi connectivity index (χ2v) is 11.1. The fourth-order valence-electron chi connectivity index (χ4n) is 4.74. The molecule has 3 aromatic rings. The third kappa shape index (κ3) is 8.35. The molecule has 0 fully saturated rings. The van der Waals surface area contributed by atoms with E-state index in [9.17, 15) is 41.3 Å². The van der Waals surface area contributed by atoms with Gasteiger partial charge in [-0.3, -0.25) is 10.1 Å². The van der Waals surface area contributed by atoms with Crippen LogP contribution in [0.3, 0.4) is 0 Å². The molecule has 0 radical (unpaired) electrons. The van der Waals surface area contributed by atoms with Gasteiger partial charge >= 0.3 is 18.0 Å². The number of Topliss-reactive ketones (excluding diaryl/α,β-unsaturated/α-hetero) is 1. The number of ether oxygens (including phenoxy) is 1. The lowest BCUT2D eigenvalue weighted by atomic mass is 9.87. The summed E-state index contributed by atoms with van der Waals surface area (Å²) in [6, 6.07) is 8.00. The Morgan fingerprint density at radius 3 is 2.30 bits per heavy atom. The standard InChI is InChI=1S/C30H31F6N5O5/c1-6-13-28(30(34,35)36,45-17-20-11-9-8-10-12-20)26-40-39-25(46-26)23-22(41(43)44)15-21(29(31,32)33)24(37-23)38-27(4,5)16-19(7-2)14-18(3)42/h6-12,15,19H,1-2,13-14,16-17H2,3-5H3,(H,37,38)/t19?,28-/m1/s1. The molecule has 0 spiro atoms.